The number of aromatic nitrogens is 4. The van der Waals surface area contributed by atoms with Crippen LogP contribution in [0.1, 0.15) is 37.4 Å². The molecule has 0 radical (unpaired) electrons. The number of carbonyl (C=O) groups is 1. The number of nitrogen functional groups attached to an aromatic ring is 1. The molecule has 1 aliphatic rings. The fourth-order valence-electron chi connectivity index (χ4n) is 3.55. The van der Waals surface area contributed by atoms with Crippen molar-refractivity contribution in [2.45, 2.75) is 36.8 Å². The van der Waals surface area contributed by atoms with E-state index in [1.165, 1.54) is 6.20 Å². The molecule has 1 fully saturated rings. The molecule has 2 aromatic heterocycles. The standard InChI is InChI=1S/C22H27N7O3S/c1-13(2)33(31)16-7-5-15(6-8-16)17-12-25-19(23)18(27-17)21-28-29-22(32-21)20(30)26-11-14-4-3-9-24-10-14/h5-8,12-14,24H,3-4,9-11H2,1-2H3,(H2,23,25)(H,26,30). The molecule has 10 nitrogen and oxygen atoms in total. The molecule has 4 rings (SSSR count). The molecule has 2 atom stereocenters. The van der Waals surface area contributed by atoms with E-state index in [1.54, 1.807) is 12.1 Å². The van der Waals surface area contributed by atoms with Gasteiger partial charge in [0.2, 0.25) is 0 Å². The highest BCUT2D eigenvalue weighted by molar-refractivity contribution is 7.85. The van der Waals surface area contributed by atoms with Crippen molar-refractivity contribution >= 4 is 22.5 Å². The first-order valence-electron chi connectivity index (χ1n) is 10.9. The SMILES string of the molecule is CC(C)S(=O)c1ccc(-c2cnc(N)c(-c3nnc(C(=O)NCC4CCCNC4)o3)n2)cc1. The van der Waals surface area contributed by atoms with Gasteiger partial charge in [-0.25, -0.2) is 9.97 Å². The van der Waals surface area contributed by atoms with Gasteiger partial charge < -0.3 is 20.8 Å². The molecule has 1 aliphatic heterocycles. The van der Waals surface area contributed by atoms with E-state index < -0.39 is 16.7 Å². The molecule has 1 saturated heterocycles. The van der Waals surface area contributed by atoms with Crippen LogP contribution < -0.4 is 16.4 Å². The summed E-state index contributed by atoms with van der Waals surface area (Å²) in [5, 5.41) is 14.0. The van der Waals surface area contributed by atoms with E-state index in [0.717, 1.165) is 36.4 Å². The summed E-state index contributed by atoms with van der Waals surface area (Å²) in [6.07, 6.45) is 3.70. The van der Waals surface area contributed by atoms with Crippen LogP contribution in [0.25, 0.3) is 22.8 Å². The third kappa shape index (κ3) is 5.42. The lowest BCUT2D eigenvalue weighted by atomic mass is 10.00. The van der Waals surface area contributed by atoms with Gasteiger partial charge in [-0.1, -0.05) is 26.0 Å². The van der Waals surface area contributed by atoms with E-state index in [4.69, 9.17) is 10.2 Å². The third-order valence-corrected chi connectivity index (χ3v) is 6.98. The molecule has 1 amide bonds. The number of nitrogens with two attached hydrogens (primary N) is 1. The van der Waals surface area contributed by atoms with Crippen LogP contribution in [0.15, 0.2) is 39.8 Å². The zero-order valence-electron chi connectivity index (χ0n) is 18.6. The van der Waals surface area contributed by atoms with Gasteiger partial charge in [-0.15, -0.1) is 10.2 Å². The average Bonchev–Trinajstić information content (AvgIpc) is 3.33. The molecule has 33 heavy (non-hydrogen) atoms. The second-order valence-corrected chi connectivity index (χ2v) is 10.2. The van der Waals surface area contributed by atoms with E-state index >= 15 is 0 Å². The Balaban J connectivity index is 1.49. The monoisotopic (exact) mass is 469 g/mol. The quantitative estimate of drug-likeness (QED) is 0.472. The lowest BCUT2D eigenvalue weighted by Crippen LogP contribution is -2.38. The minimum absolute atomic E-state index is 0.0175. The maximum absolute atomic E-state index is 12.4. The van der Waals surface area contributed by atoms with Gasteiger partial charge in [0.1, 0.15) is 0 Å². The van der Waals surface area contributed by atoms with Crippen LogP contribution in [0.2, 0.25) is 0 Å². The highest BCUT2D eigenvalue weighted by Gasteiger charge is 2.21. The van der Waals surface area contributed by atoms with Crippen LogP contribution >= 0.6 is 0 Å². The molecule has 11 heteroatoms. The molecule has 0 bridgehead atoms. The first kappa shape index (κ1) is 23.0. The fourth-order valence-corrected chi connectivity index (χ4v) is 4.50. The van der Waals surface area contributed by atoms with Gasteiger partial charge in [0, 0.05) is 22.3 Å². The molecule has 4 N–H and O–H groups in total. The summed E-state index contributed by atoms with van der Waals surface area (Å²) in [7, 11) is -1.07. The Kier molecular flexibility index (Phi) is 7.09. The van der Waals surface area contributed by atoms with Crippen molar-refractivity contribution in [2.24, 2.45) is 5.92 Å². The topological polar surface area (TPSA) is 149 Å². The molecule has 3 heterocycles. The first-order chi connectivity index (χ1) is 15.9. The average molecular weight is 470 g/mol. The molecule has 2 unspecified atom stereocenters. The van der Waals surface area contributed by atoms with Crippen molar-refractivity contribution in [3.63, 3.8) is 0 Å². The van der Waals surface area contributed by atoms with Crippen LogP contribution in [-0.2, 0) is 10.8 Å². The van der Waals surface area contributed by atoms with Crippen LogP contribution in [0.4, 0.5) is 5.82 Å². The van der Waals surface area contributed by atoms with E-state index in [9.17, 15) is 9.00 Å². The number of rotatable bonds is 7. The van der Waals surface area contributed by atoms with Crippen molar-refractivity contribution in [1.29, 1.82) is 0 Å². The minimum atomic E-state index is -1.07. The lowest BCUT2D eigenvalue weighted by Gasteiger charge is -2.22. The normalized spacial score (nSPS) is 17.1. The maximum Gasteiger partial charge on any atom is 0.308 e. The smallest absolute Gasteiger partial charge is 0.308 e. The van der Waals surface area contributed by atoms with Crippen LogP contribution in [0.3, 0.4) is 0 Å². The molecule has 0 saturated carbocycles. The Morgan fingerprint density at radius 2 is 2.09 bits per heavy atom. The fraction of sp³-hybridized carbons (Fsp3) is 0.409. The maximum atomic E-state index is 12.4. The van der Waals surface area contributed by atoms with Crippen molar-refractivity contribution < 1.29 is 13.4 Å². The highest BCUT2D eigenvalue weighted by atomic mass is 32.2. The van der Waals surface area contributed by atoms with Crippen molar-refractivity contribution in [3.05, 3.63) is 36.4 Å². The summed E-state index contributed by atoms with van der Waals surface area (Å²) < 4.78 is 17.8. The van der Waals surface area contributed by atoms with Crippen molar-refractivity contribution in [3.8, 4) is 22.8 Å². The number of piperidine rings is 1. The van der Waals surface area contributed by atoms with Crippen LogP contribution in [-0.4, -0.2) is 55.2 Å². The van der Waals surface area contributed by atoms with Crippen LogP contribution in [0.5, 0.6) is 0 Å². The molecule has 174 valence electrons. The van der Waals surface area contributed by atoms with Gasteiger partial charge >= 0.3 is 11.8 Å². The van der Waals surface area contributed by atoms with Crippen molar-refractivity contribution in [1.82, 2.24) is 30.8 Å². The number of nitrogens with zero attached hydrogens (tertiary/aromatic N) is 4. The van der Waals surface area contributed by atoms with Gasteiger partial charge in [-0.2, -0.15) is 0 Å². The summed E-state index contributed by atoms with van der Waals surface area (Å²) >= 11 is 0. The Morgan fingerprint density at radius 3 is 2.79 bits per heavy atom. The lowest BCUT2D eigenvalue weighted by molar-refractivity contribution is 0.0910. The first-order valence-corrected chi connectivity index (χ1v) is 12.1. The van der Waals surface area contributed by atoms with Crippen LogP contribution in [0, 0.1) is 5.92 Å². The van der Waals surface area contributed by atoms with Crippen molar-refractivity contribution in [2.75, 3.05) is 25.4 Å². The molecular weight excluding hydrogens is 442 g/mol. The van der Waals surface area contributed by atoms with Gasteiger partial charge in [-0.05, 0) is 44.0 Å². The Hall–Kier alpha value is -3.18. The predicted molar refractivity (Wildman–Crippen MR) is 125 cm³/mol. The number of carbonyl (C=O) groups excluding carboxylic acids is 1. The summed E-state index contributed by atoms with van der Waals surface area (Å²) in [5.74, 6) is -0.0756. The second kappa shape index (κ2) is 10.2. The van der Waals surface area contributed by atoms with Gasteiger partial charge in [0.05, 0.1) is 22.7 Å². The van der Waals surface area contributed by atoms with E-state index in [-0.39, 0.29) is 28.5 Å². The zero-order chi connectivity index (χ0) is 23.4. The molecule has 0 aliphatic carbocycles. The number of nitrogens with one attached hydrogen (secondary N) is 2. The summed E-state index contributed by atoms with van der Waals surface area (Å²) in [6, 6.07) is 7.26. The highest BCUT2D eigenvalue weighted by Crippen LogP contribution is 2.26. The second-order valence-electron chi connectivity index (χ2n) is 8.19. The summed E-state index contributed by atoms with van der Waals surface area (Å²) in [6.45, 7) is 6.25. The predicted octanol–water partition coefficient (Wildman–Crippen LogP) is 2.02. The van der Waals surface area contributed by atoms with Gasteiger partial charge in [-0.3, -0.25) is 9.00 Å². The van der Waals surface area contributed by atoms with Gasteiger partial charge in [0.15, 0.2) is 11.5 Å². The summed E-state index contributed by atoms with van der Waals surface area (Å²) in [4.78, 5) is 21.9. The third-order valence-electron chi connectivity index (χ3n) is 5.38. The van der Waals surface area contributed by atoms with Gasteiger partial charge in [0.25, 0.3) is 5.89 Å². The number of hydrogen-bond donors (Lipinski definition) is 3. The minimum Gasteiger partial charge on any atom is -0.410 e. The largest absolute Gasteiger partial charge is 0.410 e. The Bertz CT molecular complexity index is 1140. The Morgan fingerprint density at radius 1 is 1.30 bits per heavy atom. The van der Waals surface area contributed by atoms with E-state index in [0.29, 0.717) is 18.2 Å². The molecule has 1 aromatic carbocycles. The molecule has 3 aromatic rings. The molecular formula is C22H27N7O3S. The molecule has 0 spiro atoms. The zero-order valence-corrected chi connectivity index (χ0v) is 19.4. The number of anilines is 1. The number of benzene rings is 1. The van der Waals surface area contributed by atoms with E-state index in [2.05, 4.69) is 30.8 Å². The summed E-state index contributed by atoms with van der Waals surface area (Å²) in [5.41, 5.74) is 7.50. The number of hydrogen-bond acceptors (Lipinski definition) is 9. The number of amides is 1. The Labute approximate surface area is 194 Å². The van der Waals surface area contributed by atoms with E-state index in [1.807, 2.05) is 26.0 Å².